The van der Waals surface area contributed by atoms with Gasteiger partial charge in [0.15, 0.2) is 0 Å². The first-order valence-corrected chi connectivity index (χ1v) is 6.21. The molecule has 0 spiro atoms. The molecule has 0 atom stereocenters. The van der Waals surface area contributed by atoms with E-state index in [4.69, 9.17) is 10.8 Å². The molecule has 4 nitrogen and oxygen atoms in total. The number of hydrogen-bond acceptors (Lipinski definition) is 3. The van der Waals surface area contributed by atoms with Gasteiger partial charge in [-0.05, 0) is 31.0 Å². The molecule has 0 saturated carbocycles. The van der Waals surface area contributed by atoms with Crippen LogP contribution in [0.3, 0.4) is 0 Å². The van der Waals surface area contributed by atoms with Gasteiger partial charge in [0.25, 0.3) is 0 Å². The molecule has 17 heavy (non-hydrogen) atoms. The average molecular weight is 296 g/mol. The fraction of sp³-hybridized carbons (Fsp3) is 0.250. The van der Waals surface area contributed by atoms with E-state index in [0.29, 0.717) is 12.2 Å². The van der Waals surface area contributed by atoms with Crippen LogP contribution in [-0.2, 0) is 6.42 Å². The molecule has 0 saturated heterocycles. The fourth-order valence-electron chi connectivity index (χ4n) is 1.67. The minimum Gasteiger partial charge on any atom is -0.396 e. The van der Waals surface area contributed by atoms with Crippen LogP contribution in [0, 0.1) is 0 Å². The smallest absolute Gasteiger partial charge is 0.130 e. The Hall–Kier alpha value is -1.33. The first kappa shape index (κ1) is 12.1. The third-order valence-electron chi connectivity index (χ3n) is 2.54. The van der Waals surface area contributed by atoms with Gasteiger partial charge >= 0.3 is 0 Å². The van der Waals surface area contributed by atoms with Crippen LogP contribution in [0.15, 0.2) is 34.9 Å². The second kappa shape index (κ2) is 5.33. The summed E-state index contributed by atoms with van der Waals surface area (Å²) in [6.45, 7) is 0.168. The third-order valence-corrected chi connectivity index (χ3v) is 3.04. The number of nitrogens with zero attached hydrogens (tertiary/aromatic N) is 2. The Balaban J connectivity index is 2.30. The van der Waals surface area contributed by atoms with Crippen LogP contribution in [0.4, 0.5) is 5.82 Å². The van der Waals surface area contributed by atoms with Crippen molar-refractivity contribution in [2.45, 2.75) is 12.8 Å². The van der Waals surface area contributed by atoms with E-state index in [1.807, 2.05) is 24.3 Å². The summed E-state index contributed by atoms with van der Waals surface area (Å²) in [5.41, 5.74) is 7.92. The zero-order chi connectivity index (χ0) is 12.3. The van der Waals surface area contributed by atoms with Gasteiger partial charge in [-0.15, -0.1) is 0 Å². The number of benzene rings is 1. The van der Waals surface area contributed by atoms with Crippen molar-refractivity contribution >= 4 is 21.7 Å². The highest BCUT2D eigenvalue weighted by Gasteiger charge is 2.08. The van der Waals surface area contributed by atoms with Crippen LogP contribution in [0.25, 0.3) is 5.69 Å². The third kappa shape index (κ3) is 2.68. The number of anilines is 1. The summed E-state index contributed by atoms with van der Waals surface area (Å²) in [5.74, 6) is 0.636. The summed E-state index contributed by atoms with van der Waals surface area (Å²) < 4.78 is 2.69. The normalized spacial score (nSPS) is 10.7. The molecule has 1 aromatic heterocycles. The Bertz CT molecular complexity index is 510. The van der Waals surface area contributed by atoms with Crippen LogP contribution in [0.2, 0.25) is 0 Å². The van der Waals surface area contributed by atoms with E-state index in [1.54, 1.807) is 10.9 Å². The molecular formula is C12H14BrN3O. The molecule has 1 aromatic carbocycles. The average Bonchev–Trinajstić information content (AvgIpc) is 2.68. The van der Waals surface area contributed by atoms with Gasteiger partial charge < -0.3 is 10.8 Å². The zero-order valence-electron chi connectivity index (χ0n) is 9.31. The first-order valence-electron chi connectivity index (χ1n) is 5.41. The highest BCUT2D eigenvalue weighted by atomic mass is 79.9. The van der Waals surface area contributed by atoms with Crippen LogP contribution in [0.1, 0.15) is 12.0 Å². The van der Waals surface area contributed by atoms with Gasteiger partial charge in [-0.3, -0.25) is 0 Å². The Morgan fingerprint density at radius 2 is 2.24 bits per heavy atom. The van der Waals surface area contributed by atoms with Gasteiger partial charge in [0.2, 0.25) is 0 Å². The fourth-order valence-corrected chi connectivity index (χ4v) is 2.05. The second-order valence-electron chi connectivity index (χ2n) is 3.77. The number of hydrogen-bond donors (Lipinski definition) is 2. The molecule has 3 N–H and O–H groups in total. The Morgan fingerprint density at radius 3 is 2.94 bits per heavy atom. The predicted octanol–water partition coefficient (Wildman–Crippen LogP) is 2.14. The van der Waals surface area contributed by atoms with Gasteiger partial charge in [-0.2, -0.15) is 5.10 Å². The molecule has 0 fully saturated rings. The zero-order valence-corrected chi connectivity index (χ0v) is 10.9. The second-order valence-corrected chi connectivity index (χ2v) is 4.69. The molecule has 0 unspecified atom stereocenters. The van der Waals surface area contributed by atoms with Crippen molar-refractivity contribution in [3.63, 3.8) is 0 Å². The number of aromatic nitrogens is 2. The maximum absolute atomic E-state index is 8.80. The molecule has 2 rings (SSSR count). The predicted molar refractivity (Wildman–Crippen MR) is 71.1 cm³/mol. The standard InChI is InChI=1S/C12H14BrN3O/c13-10-4-1-5-11(7-10)16-12(14)9(8-15-16)3-2-6-17/h1,4-5,7-8,17H,2-3,6,14H2. The van der Waals surface area contributed by atoms with E-state index in [0.717, 1.165) is 22.1 Å². The maximum atomic E-state index is 8.80. The van der Waals surface area contributed by atoms with E-state index >= 15 is 0 Å². The summed E-state index contributed by atoms with van der Waals surface area (Å²) in [5, 5.41) is 13.1. The minimum atomic E-state index is 0.168. The SMILES string of the molecule is Nc1c(CCCO)cnn1-c1cccc(Br)c1. The van der Waals surface area contributed by atoms with Gasteiger partial charge in [-0.25, -0.2) is 4.68 Å². The Kier molecular flexibility index (Phi) is 3.81. The van der Waals surface area contributed by atoms with Crippen LogP contribution in [0.5, 0.6) is 0 Å². The lowest BCUT2D eigenvalue weighted by molar-refractivity contribution is 0.288. The number of rotatable bonds is 4. The molecule has 0 amide bonds. The number of nitrogens with two attached hydrogens (primary N) is 1. The number of halogens is 1. The molecule has 0 aliphatic carbocycles. The van der Waals surface area contributed by atoms with Crippen LogP contribution in [-0.4, -0.2) is 21.5 Å². The lowest BCUT2D eigenvalue weighted by Gasteiger charge is -2.05. The summed E-state index contributed by atoms with van der Waals surface area (Å²) in [6.07, 6.45) is 3.20. The highest BCUT2D eigenvalue weighted by molar-refractivity contribution is 9.10. The summed E-state index contributed by atoms with van der Waals surface area (Å²) >= 11 is 3.42. The van der Waals surface area contributed by atoms with E-state index < -0.39 is 0 Å². The molecule has 0 radical (unpaired) electrons. The number of aryl methyl sites for hydroxylation is 1. The monoisotopic (exact) mass is 295 g/mol. The van der Waals surface area contributed by atoms with Crippen molar-refractivity contribution in [3.8, 4) is 5.69 Å². The number of aliphatic hydroxyl groups is 1. The molecule has 5 heteroatoms. The highest BCUT2D eigenvalue weighted by Crippen LogP contribution is 2.20. The lowest BCUT2D eigenvalue weighted by atomic mass is 10.2. The van der Waals surface area contributed by atoms with Crippen molar-refractivity contribution in [1.29, 1.82) is 0 Å². The van der Waals surface area contributed by atoms with Crippen molar-refractivity contribution in [1.82, 2.24) is 9.78 Å². The molecular weight excluding hydrogens is 282 g/mol. The van der Waals surface area contributed by atoms with Crippen molar-refractivity contribution in [2.24, 2.45) is 0 Å². The lowest BCUT2D eigenvalue weighted by Crippen LogP contribution is -2.03. The van der Waals surface area contributed by atoms with Crippen molar-refractivity contribution < 1.29 is 5.11 Å². The van der Waals surface area contributed by atoms with Crippen LogP contribution < -0.4 is 5.73 Å². The van der Waals surface area contributed by atoms with Crippen LogP contribution >= 0.6 is 15.9 Å². The van der Waals surface area contributed by atoms with E-state index in [2.05, 4.69) is 21.0 Å². The van der Waals surface area contributed by atoms with E-state index in [9.17, 15) is 0 Å². The summed E-state index contributed by atoms with van der Waals surface area (Å²) in [4.78, 5) is 0. The Labute approximate surface area is 108 Å². The summed E-state index contributed by atoms with van der Waals surface area (Å²) in [6, 6.07) is 7.80. The van der Waals surface area contributed by atoms with Gasteiger partial charge in [-0.1, -0.05) is 22.0 Å². The summed E-state index contributed by atoms with van der Waals surface area (Å²) in [7, 11) is 0. The largest absolute Gasteiger partial charge is 0.396 e. The van der Waals surface area contributed by atoms with Crippen molar-refractivity contribution in [2.75, 3.05) is 12.3 Å². The maximum Gasteiger partial charge on any atom is 0.130 e. The van der Waals surface area contributed by atoms with Gasteiger partial charge in [0, 0.05) is 16.6 Å². The van der Waals surface area contributed by atoms with Gasteiger partial charge in [0.1, 0.15) is 5.82 Å². The Morgan fingerprint density at radius 1 is 1.41 bits per heavy atom. The molecule has 0 aliphatic rings. The molecule has 2 aromatic rings. The minimum absolute atomic E-state index is 0.168. The molecule has 0 bridgehead atoms. The first-order chi connectivity index (χ1) is 8.22. The van der Waals surface area contributed by atoms with Gasteiger partial charge in [0.05, 0.1) is 11.9 Å². The molecule has 1 heterocycles. The number of aliphatic hydroxyl groups excluding tert-OH is 1. The molecule has 0 aliphatic heterocycles. The van der Waals surface area contributed by atoms with E-state index in [-0.39, 0.29) is 6.61 Å². The van der Waals surface area contributed by atoms with Crippen molar-refractivity contribution in [3.05, 3.63) is 40.5 Å². The quantitative estimate of drug-likeness (QED) is 0.908. The number of nitrogen functional groups attached to an aromatic ring is 1. The van der Waals surface area contributed by atoms with E-state index in [1.165, 1.54) is 0 Å². The molecule has 90 valence electrons. The topological polar surface area (TPSA) is 64.1 Å².